The first kappa shape index (κ1) is 14.5. The van der Waals surface area contributed by atoms with Crippen LogP contribution in [0.2, 0.25) is 0 Å². The number of nitrogens with one attached hydrogen (secondary N) is 1. The van der Waals surface area contributed by atoms with Crippen molar-refractivity contribution >= 4 is 17.3 Å². The summed E-state index contributed by atoms with van der Waals surface area (Å²) in [4.78, 5) is 13.2. The molecule has 1 aliphatic rings. The molecule has 110 valence electrons. The summed E-state index contributed by atoms with van der Waals surface area (Å²) in [6.45, 7) is 4.40. The average molecular weight is 283 g/mol. The molecule has 0 aliphatic carbocycles. The van der Waals surface area contributed by atoms with Crippen LogP contribution in [0.25, 0.3) is 0 Å². The molecule has 0 unspecified atom stereocenters. The van der Waals surface area contributed by atoms with Gasteiger partial charge in [-0.05, 0) is 12.1 Å². The monoisotopic (exact) mass is 283 g/mol. The van der Waals surface area contributed by atoms with Gasteiger partial charge in [-0.1, -0.05) is 0 Å². The first-order chi connectivity index (χ1) is 9.58. The maximum atomic E-state index is 13.7. The highest BCUT2D eigenvalue weighted by atomic mass is 19.1. The van der Waals surface area contributed by atoms with Crippen LogP contribution in [-0.2, 0) is 4.74 Å². The molecule has 6 nitrogen and oxygen atoms in total. The van der Waals surface area contributed by atoms with Gasteiger partial charge in [0, 0.05) is 31.9 Å². The Hall–Kier alpha value is -1.86. The summed E-state index contributed by atoms with van der Waals surface area (Å²) in [5, 5.41) is 11.9. The van der Waals surface area contributed by atoms with Gasteiger partial charge in [-0.15, -0.1) is 0 Å². The molecule has 0 radical (unpaired) electrons. The lowest BCUT2D eigenvalue weighted by atomic mass is 10.1. The Labute approximate surface area is 116 Å². The second-order valence-corrected chi connectivity index (χ2v) is 4.61. The SMILES string of the molecule is Nc1cc(F)c(NCCN2CCOCC2)cc1C(=O)O. The predicted molar refractivity (Wildman–Crippen MR) is 73.5 cm³/mol. The van der Waals surface area contributed by atoms with Crippen molar-refractivity contribution in [1.82, 2.24) is 4.90 Å². The quantitative estimate of drug-likeness (QED) is 0.694. The predicted octanol–water partition coefficient (Wildman–Crippen LogP) is 0.850. The number of carboxylic acids is 1. The molecule has 2 rings (SSSR count). The van der Waals surface area contributed by atoms with Crippen LogP contribution in [-0.4, -0.2) is 55.4 Å². The molecule has 0 aromatic heterocycles. The van der Waals surface area contributed by atoms with Crippen LogP contribution in [0.5, 0.6) is 0 Å². The van der Waals surface area contributed by atoms with Crippen molar-refractivity contribution < 1.29 is 19.0 Å². The van der Waals surface area contributed by atoms with Crippen molar-refractivity contribution in [3.63, 3.8) is 0 Å². The molecule has 4 N–H and O–H groups in total. The van der Waals surface area contributed by atoms with Gasteiger partial charge in [0.15, 0.2) is 0 Å². The van der Waals surface area contributed by atoms with Gasteiger partial charge in [0.1, 0.15) is 5.82 Å². The van der Waals surface area contributed by atoms with E-state index in [9.17, 15) is 9.18 Å². The molecule has 0 spiro atoms. The highest BCUT2D eigenvalue weighted by molar-refractivity contribution is 5.94. The fourth-order valence-electron chi connectivity index (χ4n) is 2.08. The molecule has 1 aliphatic heterocycles. The summed E-state index contributed by atoms with van der Waals surface area (Å²) in [5.74, 6) is -1.71. The number of carbonyl (C=O) groups is 1. The molecule has 1 saturated heterocycles. The molecular weight excluding hydrogens is 265 g/mol. The number of carboxylic acid groups (broad SMARTS) is 1. The number of nitrogens with zero attached hydrogens (tertiary/aromatic N) is 1. The largest absolute Gasteiger partial charge is 0.478 e. The fourth-order valence-corrected chi connectivity index (χ4v) is 2.08. The van der Waals surface area contributed by atoms with Gasteiger partial charge in [0.25, 0.3) is 0 Å². The molecule has 20 heavy (non-hydrogen) atoms. The van der Waals surface area contributed by atoms with E-state index in [0.29, 0.717) is 19.8 Å². The van der Waals surface area contributed by atoms with Crippen LogP contribution in [0, 0.1) is 5.82 Å². The van der Waals surface area contributed by atoms with E-state index in [0.717, 1.165) is 25.7 Å². The normalized spacial score (nSPS) is 16.1. The number of hydrogen-bond donors (Lipinski definition) is 3. The number of ether oxygens (including phenoxy) is 1. The topological polar surface area (TPSA) is 87.8 Å². The lowest BCUT2D eigenvalue weighted by Crippen LogP contribution is -2.39. The summed E-state index contributed by atoms with van der Waals surface area (Å²) >= 11 is 0. The molecule has 0 saturated carbocycles. The van der Waals surface area contributed by atoms with Crippen LogP contribution in [0.1, 0.15) is 10.4 Å². The van der Waals surface area contributed by atoms with Crippen molar-refractivity contribution in [3.8, 4) is 0 Å². The van der Waals surface area contributed by atoms with Crippen LogP contribution in [0.3, 0.4) is 0 Å². The Bertz CT molecular complexity index is 490. The van der Waals surface area contributed by atoms with Crippen molar-refractivity contribution in [2.24, 2.45) is 0 Å². The second kappa shape index (κ2) is 6.53. The van der Waals surface area contributed by atoms with Crippen molar-refractivity contribution in [2.45, 2.75) is 0 Å². The van der Waals surface area contributed by atoms with Crippen molar-refractivity contribution in [1.29, 1.82) is 0 Å². The third kappa shape index (κ3) is 3.58. The van der Waals surface area contributed by atoms with Gasteiger partial charge in [0.2, 0.25) is 0 Å². The van der Waals surface area contributed by atoms with Crippen LogP contribution >= 0.6 is 0 Å². The number of morpholine rings is 1. The summed E-state index contributed by atoms with van der Waals surface area (Å²) in [7, 11) is 0. The molecule has 0 atom stereocenters. The zero-order valence-electron chi connectivity index (χ0n) is 11.1. The van der Waals surface area contributed by atoms with Gasteiger partial charge >= 0.3 is 5.97 Å². The van der Waals surface area contributed by atoms with Crippen LogP contribution < -0.4 is 11.1 Å². The number of nitrogens with two attached hydrogens (primary N) is 1. The molecule has 1 fully saturated rings. The Morgan fingerprint density at radius 2 is 2.15 bits per heavy atom. The Morgan fingerprint density at radius 3 is 2.80 bits per heavy atom. The maximum absolute atomic E-state index is 13.7. The van der Waals surface area contributed by atoms with Crippen molar-refractivity contribution in [3.05, 3.63) is 23.5 Å². The fraction of sp³-hybridized carbons (Fsp3) is 0.462. The zero-order chi connectivity index (χ0) is 14.5. The van der Waals surface area contributed by atoms with E-state index in [1.807, 2.05) is 0 Å². The van der Waals surface area contributed by atoms with Gasteiger partial charge in [0.05, 0.1) is 24.5 Å². The molecule has 1 heterocycles. The minimum atomic E-state index is -1.17. The number of hydrogen-bond acceptors (Lipinski definition) is 5. The zero-order valence-corrected chi connectivity index (χ0v) is 11.1. The first-order valence-corrected chi connectivity index (χ1v) is 6.44. The minimum Gasteiger partial charge on any atom is -0.478 e. The summed E-state index contributed by atoms with van der Waals surface area (Å²) in [6.07, 6.45) is 0. The third-order valence-corrected chi connectivity index (χ3v) is 3.22. The Morgan fingerprint density at radius 1 is 1.45 bits per heavy atom. The standard InChI is InChI=1S/C13H18FN3O3/c14-10-8-11(15)9(13(18)19)7-12(10)16-1-2-17-3-5-20-6-4-17/h7-8,16H,1-6,15H2,(H,18,19). The van der Waals surface area contributed by atoms with E-state index in [-0.39, 0.29) is 16.9 Å². The van der Waals surface area contributed by atoms with Crippen LogP contribution in [0.4, 0.5) is 15.8 Å². The maximum Gasteiger partial charge on any atom is 0.337 e. The Kier molecular flexibility index (Phi) is 4.75. The average Bonchev–Trinajstić information content (AvgIpc) is 2.42. The highest BCUT2D eigenvalue weighted by Gasteiger charge is 2.14. The summed E-state index contributed by atoms with van der Waals surface area (Å²) in [6, 6.07) is 2.26. The van der Waals surface area contributed by atoms with Gasteiger partial charge in [-0.25, -0.2) is 9.18 Å². The van der Waals surface area contributed by atoms with Gasteiger partial charge in [-0.2, -0.15) is 0 Å². The summed E-state index contributed by atoms with van der Waals surface area (Å²) < 4.78 is 18.9. The number of aromatic carboxylic acids is 1. The molecule has 7 heteroatoms. The van der Waals surface area contributed by atoms with Gasteiger partial charge in [-0.3, -0.25) is 4.90 Å². The van der Waals surface area contributed by atoms with E-state index >= 15 is 0 Å². The molecule has 1 aromatic rings. The molecular formula is C13H18FN3O3. The lowest BCUT2D eigenvalue weighted by molar-refractivity contribution is 0.0398. The number of anilines is 2. The van der Waals surface area contributed by atoms with E-state index in [2.05, 4.69) is 10.2 Å². The molecule has 0 bridgehead atoms. The van der Waals surface area contributed by atoms with E-state index < -0.39 is 11.8 Å². The van der Waals surface area contributed by atoms with Crippen molar-refractivity contribution in [2.75, 3.05) is 50.4 Å². The Balaban J connectivity index is 1.94. The smallest absolute Gasteiger partial charge is 0.337 e. The number of benzene rings is 1. The first-order valence-electron chi connectivity index (χ1n) is 6.44. The molecule has 0 amide bonds. The lowest BCUT2D eigenvalue weighted by Gasteiger charge is -2.26. The van der Waals surface area contributed by atoms with E-state index in [1.54, 1.807) is 0 Å². The number of rotatable bonds is 5. The number of nitrogen functional groups attached to an aromatic ring is 1. The third-order valence-electron chi connectivity index (χ3n) is 3.22. The molecule has 1 aromatic carbocycles. The van der Waals surface area contributed by atoms with E-state index in [1.165, 1.54) is 6.07 Å². The number of halogens is 1. The van der Waals surface area contributed by atoms with E-state index in [4.69, 9.17) is 15.6 Å². The summed E-state index contributed by atoms with van der Waals surface area (Å²) in [5.41, 5.74) is 5.45. The highest BCUT2D eigenvalue weighted by Crippen LogP contribution is 2.22. The second-order valence-electron chi connectivity index (χ2n) is 4.61. The van der Waals surface area contributed by atoms with Gasteiger partial charge < -0.3 is 20.9 Å². The minimum absolute atomic E-state index is 0.0753. The van der Waals surface area contributed by atoms with Crippen LogP contribution in [0.15, 0.2) is 12.1 Å².